The normalized spacial score (nSPS) is 10.4. The molecule has 1 heterocycles. The average Bonchev–Trinajstić information content (AvgIpc) is 2.62. The molecule has 0 aliphatic rings. The molecule has 0 aliphatic heterocycles. The molecular formula is C12H16N4. The second-order valence-corrected chi connectivity index (χ2v) is 3.76. The number of nitrogens with zero attached hydrogens (tertiary/aromatic N) is 2. The molecule has 4 nitrogen and oxygen atoms in total. The summed E-state index contributed by atoms with van der Waals surface area (Å²) in [5, 5.41) is 7.70. The van der Waals surface area contributed by atoms with Gasteiger partial charge in [0.05, 0.1) is 11.4 Å². The summed E-state index contributed by atoms with van der Waals surface area (Å²) in [7, 11) is 1.92. The minimum atomic E-state index is 0.771. The fourth-order valence-electron chi connectivity index (χ4n) is 1.62. The molecule has 0 aliphatic carbocycles. The summed E-state index contributed by atoms with van der Waals surface area (Å²) in [6, 6.07) is 7.68. The molecule has 3 N–H and O–H groups in total. The van der Waals surface area contributed by atoms with Crippen LogP contribution in [0.4, 0.5) is 17.1 Å². The standard InChI is InChI=1S/C12H16N4/c1-3-11-12(8-16(2)15-11)14-10-6-4-9(13)5-7-10/h4-8,14H,3,13H2,1-2H3. The maximum atomic E-state index is 5.64. The van der Waals surface area contributed by atoms with Gasteiger partial charge >= 0.3 is 0 Å². The lowest BCUT2D eigenvalue weighted by atomic mass is 10.2. The van der Waals surface area contributed by atoms with Crippen molar-refractivity contribution in [2.75, 3.05) is 11.1 Å². The van der Waals surface area contributed by atoms with Gasteiger partial charge < -0.3 is 11.1 Å². The van der Waals surface area contributed by atoms with E-state index in [-0.39, 0.29) is 0 Å². The van der Waals surface area contributed by atoms with Crippen LogP contribution >= 0.6 is 0 Å². The molecule has 0 fully saturated rings. The highest BCUT2D eigenvalue weighted by atomic mass is 15.3. The van der Waals surface area contributed by atoms with Crippen LogP contribution in [0.2, 0.25) is 0 Å². The Hall–Kier alpha value is -1.97. The maximum Gasteiger partial charge on any atom is 0.0856 e. The molecular weight excluding hydrogens is 200 g/mol. The zero-order chi connectivity index (χ0) is 11.5. The van der Waals surface area contributed by atoms with Gasteiger partial charge in [0.15, 0.2) is 0 Å². The van der Waals surface area contributed by atoms with Crippen LogP contribution in [0.5, 0.6) is 0 Å². The summed E-state index contributed by atoms with van der Waals surface area (Å²) in [5.74, 6) is 0. The van der Waals surface area contributed by atoms with Crippen molar-refractivity contribution in [3.05, 3.63) is 36.2 Å². The van der Waals surface area contributed by atoms with Crippen molar-refractivity contribution in [2.45, 2.75) is 13.3 Å². The molecule has 2 aromatic rings. The van der Waals surface area contributed by atoms with Crippen LogP contribution in [0.25, 0.3) is 0 Å². The first-order valence-electron chi connectivity index (χ1n) is 5.34. The van der Waals surface area contributed by atoms with E-state index in [1.54, 1.807) is 0 Å². The van der Waals surface area contributed by atoms with Gasteiger partial charge in [-0.25, -0.2) is 0 Å². The van der Waals surface area contributed by atoms with Gasteiger partial charge in [-0.05, 0) is 30.7 Å². The zero-order valence-electron chi connectivity index (χ0n) is 9.57. The monoisotopic (exact) mass is 216 g/mol. The van der Waals surface area contributed by atoms with Crippen molar-refractivity contribution in [3.63, 3.8) is 0 Å². The SMILES string of the molecule is CCc1nn(C)cc1Nc1ccc(N)cc1. The van der Waals surface area contributed by atoms with Gasteiger partial charge in [0.1, 0.15) is 0 Å². The number of hydrogen-bond acceptors (Lipinski definition) is 3. The average molecular weight is 216 g/mol. The lowest BCUT2D eigenvalue weighted by Gasteiger charge is -2.05. The third-order valence-electron chi connectivity index (χ3n) is 2.43. The van der Waals surface area contributed by atoms with Crippen LogP contribution in [-0.4, -0.2) is 9.78 Å². The fraction of sp³-hybridized carbons (Fsp3) is 0.250. The van der Waals surface area contributed by atoms with E-state index in [1.807, 2.05) is 42.2 Å². The molecule has 4 heteroatoms. The first-order valence-corrected chi connectivity index (χ1v) is 5.34. The number of rotatable bonds is 3. The second-order valence-electron chi connectivity index (χ2n) is 3.76. The van der Waals surface area contributed by atoms with Crippen molar-refractivity contribution >= 4 is 17.1 Å². The van der Waals surface area contributed by atoms with E-state index < -0.39 is 0 Å². The molecule has 2 rings (SSSR count). The van der Waals surface area contributed by atoms with Gasteiger partial charge in [0.2, 0.25) is 0 Å². The molecule has 1 aromatic carbocycles. The largest absolute Gasteiger partial charge is 0.399 e. The van der Waals surface area contributed by atoms with E-state index in [0.717, 1.165) is 29.2 Å². The fourth-order valence-corrected chi connectivity index (χ4v) is 1.62. The first-order chi connectivity index (χ1) is 7.69. The van der Waals surface area contributed by atoms with E-state index >= 15 is 0 Å². The Morgan fingerprint density at radius 1 is 1.31 bits per heavy atom. The molecule has 1 aromatic heterocycles. The first kappa shape index (κ1) is 10.5. The second kappa shape index (κ2) is 4.26. The molecule has 0 spiro atoms. The van der Waals surface area contributed by atoms with Gasteiger partial charge in [-0.3, -0.25) is 4.68 Å². The van der Waals surface area contributed by atoms with Crippen molar-refractivity contribution in [2.24, 2.45) is 7.05 Å². The van der Waals surface area contributed by atoms with Crippen LogP contribution in [0.3, 0.4) is 0 Å². The number of nitrogens with one attached hydrogen (secondary N) is 1. The quantitative estimate of drug-likeness (QED) is 0.774. The predicted octanol–water partition coefficient (Wildman–Crippen LogP) is 2.31. The predicted molar refractivity (Wildman–Crippen MR) is 66.7 cm³/mol. The summed E-state index contributed by atoms with van der Waals surface area (Å²) < 4.78 is 1.82. The van der Waals surface area contributed by atoms with Crippen molar-refractivity contribution in [1.82, 2.24) is 9.78 Å². The summed E-state index contributed by atoms with van der Waals surface area (Å²) in [4.78, 5) is 0. The number of hydrogen-bond donors (Lipinski definition) is 2. The highest BCUT2D eigenvalue weighted by Gasteiger charge is 2.05. The van der Waals surface area contributed by atoms with Crippen LogP contribution in [0.1, 0.15) is 12.6 Å². The van der Waals surface area contributed by atoms with Gasteiger partial charge in [-0.15, -0.1) is 0 Å². The van der Waals surface area contributed by atoms with Gasteiger partial charge in [0.25, 0.3) is 0 Å². The van der Waals surface area contributed by atoms with Gasteiger partial charge in [0, 0.05) is 24.6 Å². The molecule has 0 saturated heterocycles. The van der Waals surface area contributed by atoms with Crippen LogP contribution in [0.15, 0.2) is 30.5 Å². The third-order valence-corrected chi connectivity index (χ3v) is 2.43. The number of aromatic nitrogens is 2. The summed E-state index contributed by atoms with van der Waals surface area (Å²) in [6.07, 6.45) is 2.90. The van der Waals surface area contributed by atoms with Gasteiger partial charge in [-0.2, -0.15) is 5.10 Å². The van der Waals surface area contributed by atoms with E-state index in [2.05, 4.69) is 17.3 Å². The Labute approximate surface area is 95.1 Å². The van der Waals surface area contributed by atoms with Crippen molar-refractivity contribution in [3.8, 4) is 0 Å². The Bertz CT molecular complexity index is 470. The highest BCUT2D eigenvalue weighted by Crippen LogP contribution is 2.20. The minimum Gasteiger partial charge on any atom is -0.399 e. The number of aryl methyl sites for hydroxylation is 2. The lowest BCUT2D eigenvalue weighted by Crippen LogP contribution is -1.93. The Kier molecular flexibility index (Phi) is 2.81. The third kappa shape index (κ3) is 2.16. The van der Waals surface area contributed by atoms with E-state index in [9.17, 15) is 0 Å². The summed E-state index contributed by atoms with van der Waals surface area (Å²) >= 11 is 0. The van der Waals surface area contributed by atoms with E-state index in [4.69, 9.17) is 5.73 Å². The van der Waals surface area contributed by atoms with Crippen LogP contribution in [-0.2, 0) is 13.5 Å². The molecule has 16 heavy (non-hydrogen) atoms. The highest BCUT2D eigenvalue weighted by molar-refractivity contribution is 5.63. The molecule has 0 bridgehead atoms. The zero-order valence-corrected chi connectivity index (χ0v) is 9.57. The topological polar surface area (TPSA) is 55.9 Å². The Morgan fingerprint density at radius 3 is 2.62 bits per heavy atom. The number of benzene rings is 1. The number of anilines is 3. The Balaban J connectivity index is 2.22. The summed E-state index contributed by atoms with van der Waals surface area (Å²) in [5.41, 5.74) is 9.55. The molecule has 0 atom stereocenters. The minimum absolute atomic E-state index is 0.771. The number of nitrogen functional groups attached to an aromatic ring is 1. The molecule has 0 amide bonds. The van der Waals surface area contributed by atoms with Crippen LogP contribution < -0.4 is 11.1 Å². The molecule has 0 unspecified atom stereocenters. The molecule has 0 radical (unpaired) electrons. The van der Waals surface area contributed by atoms with Gasteiger partial charge in [-0.1, -0.05) is 6.92 Å². The van der Waals surface area contributed by atoms with Crippen molar-refractivity contribution < 1.29 is 0 Å². The van der Waals surface area contributed by atoms with E-state index in [1.165, 1.54) is 0 Å². The van der Waals surface area contributed by atoms with E-state index in [0.29, 0.717) is 0 Å². The molecule has 0 saturated carbocycles. The maximum absolute atomic E-state index is 5.64. The lowest BCUT2D eigenvalue weighted by molar-refractivity contribution is 0.746. The van der Waals surface area contributed by atoms with Crippen LogP contribution in [0, 0.1) is 0 Å². The smallest absolute Gasteiger partial charge is 0.0856 e. The Morgan fingerprint density at radius 2 is 2.00 bits per heavy atom. The molecule has 84 valence electrons. The number of nitrogens with two attached hydrogens (primary N) is 1. The summed E-state index contributed by atoms with van der Waals surface area (Å²) in [6.45, 7) is 2.09. The van der Waals surface area contributed by atoms with Crippen molar-refractivity contribution in [1.29, 1.82) is 0 Å².